The van der Waals surface area contributed by atoms with Gasteiger partial charge in [0.05, 0.1) is 13.2 Å². The normalized spacial score (nSPS) is 22.3. The summed E-state index contributed by atoms with van der Waals surface area (Å²) in [4.78, 5) is 6.14. The quantitative estimate of drug-likeness (QED) is 0.519. The van der Waals surface area contributed by atoms with Crippen LogP contribution in [0.1, 0.15) is 0 Å². The third-order valence-electron chi connectivity index (χ3n) is 2.03. The summed E-state index contributed by atoms with van der Waals surface area (Å²) in [5, 5.41) is 8.16. The second-order valence-corrected chi connectivity index (χ2v) is 3.74. The number of rotatable bonds is 2. The second kappa shape index (κ2) is 3.89. The number of aromatic nitrogens is 2. The first-order valence-electron chi connectivity index (χ1n) is 4.24. The van der Waals surface area contributed by atoms with E-state index in [1.165, 1.54) is 17.9 Å². The topological polar surface area (TPSA) is 88.1 Å². The van der Waals surface area contributed by atoms with Crippen molar-refractivity contribution in [3.63, 3.8) is 0 Å². The maximum atomic E-state index is 7.30. The summed E-state index contributed by atoms with van der Waals surface area (Å²) in [6.45, 7) is 1.94. The molecule has 0 saturated carbocycles. The van der Waals surface area contributed by atoms with Gasteiger partial charge < -0.3 is 15.4 Å². The van der Waals surface area contributed by atoms with Crippen molar-refractivity contribution in [2.45, 2.75) is 6.10 Å². The van der Waals surface area contributed by atoms with Gasteiger partial charge in [-0.05, 0) is 0 Å². The Morgan fingerprint density at radius 1 is 1.79 bits per heavy atom. The lowest BCUT2D eigenvalue weighted by Gasteiger charge is -2.31. The summed E-state index contributed by atoms with van der Waals surface area (Å²) in [5.41, 5.74) is 5.38. The van der Waals surface area contributed by atoms with Gasteiger partial charge in [-0.25, -0.2) is 4.98 Å². The van der Waals surface area contributed by atoms with Gasteiger partial charge in [-0.3, -0.25) is 5.41 Å². The molecule has 2 rings (SSSR count). The van der Waals surface area contributed by atoms with Crippen LogP contribution in [0.5, 0.6) is 0 Å². The third kappa shape index (κ3) is 1.83. The van der Waals surface area contributed by atoms with E-state index in [0.29, 0.717) is 13.2 Å². The van der Waals surface area contributed by atoms with Gasteiger partial charge in [0.25, 0.3) is 0 Å². The summed E-state index contributed by atoms with van der Waals surface area (Å²) in [6, 6.07) is 0. The van der Waals surface area contributed by atoms with Crippen molar-refractivity contribution < 1.29 is 4.74 Å². The zero-order chi connectivity index (χ0) is 9.97. The molecule has 1 saturated heterocycles. The summed E-state index contributed by atoms with van der Waals surface area (Å²) in [5.74, 6) is 0.0687. The number of anilines is 1. The molecular weight excluding hydrogens is 202 g/mol. The van der Waals surface area contributed by atoms with Gasteiger partial charge in [0.2, 0.25) is 5.13 Å². The predicted octanol–water partition coefficient (Wildman–Crippen LogP) is -0.321. The standard InChI is InChI=1S/C7H11N5OS/c8-6(9)5-3-12(1-2-13-5)7-10-4-11-14-7/h4-5H,1-3H2,(H3,8,9). The number of ether oxygens (including phenoxy) is 1. The maximum absolute atomic E-state index is 7.30. The summed E-state index contributed by atoms with van der Waals surface area (Å²) in [6.07, 6.45) is 1.21. The Labute approximate surface area is 85.4 Å². The Hall–Kier alpha value is -1.21. The molecule has 0 radical (unpaired) electrons. The van der Waals surface area contributed by atoms with Crippen LogP contribution in [0.25, 0.3) is 0 Å². The van der Waals surface area contributed by atoms with Crippen molar-refractivity contribution in [2.75, 3.05) is 24.6 Å². The number of nitrogens with two attached hydrogens (primary N) is 1. The largest absolute Gasteiger partial charge is 0.385 e. The smallest absolute Gasteiger partial charge is 0.205 e. The minimum Gasteiger partial charge on any atom is -0.385 e. The molecule has 0 aromatic carbocycles. The Balaban J connectivity index is 2.04. The van der Waals surface area contributed by atoms with Crippen LogP contribution in [0.2, 0.25) is 0 Å². The van der Waals surface area contributed by atoms with E-state index >= 15 is 0 Å². The number of hydrogen-bond donors (Lipinski definition) is 2. The van der Waals surface area contributed by atoms with E-state index in [4.69, 9.17) is 15.9 Å². The van der Waals surface area contributed by atoms with Crippen LogP contribution in [-0.4, -0.2) is 41.0 Å². The number of morpholine rings is 1. The van der Waals surface area contributed by atoms with Crippen molar-refractivity contribution in [3.8, 4) is 0 Å². The van der Waals surface area contributed by atoms with Crippen LogP contribution in [-0.2, 0) is 4.74 Å². The van der Waals surface area contributed by atoms with Crippen molar-refractivity contribution in [1.29, 1.82) is 5.41 Å². The Kier molecular flexibility index (Phi) is 2.60. The molecule has 14 heavy (non-hydrogen) atoms. The Bertz CT molecular complexity index is 314. The molecule has 1 aliphatic heterocycles. The molecule has 0 aliphatic carbocycles. The zero-order valence-electron chi connectivity index (χ0n) is 7.51. The highest BCUT2D eigenvalue weighted by molar-refractivity contribution is 7.09. The van der Waals surface area contributed by atoms with Crippen LogP contribution in [0.4, 0.5) is 5.13 Å². The van der Waals surface area contributed by atoms with Crippen LogP contribution in [0.15, 0.2) is 6.33 Å². The second-order valence-electron chi connectivity index (χ2n) is 2.98. The average molecular weight is 213 g/mol. The monoisotopic (exact) mass is 213 g/mol. The highest BCUT2D eigenvalue weighted by Gasteiger charge is 2.24. The van der Waals surface area contributed by atoms with Crippen LogP contribution >= 0.6 is 11.5 Å². The first-order chi connectivity index (χ1) is 6.77. The Morgan fingerprint density at radius 3 is 3.29 bits per heavy atom. The first kappa shape index (κ1) is 9.35. The summed E-state index contributed by atoms with van der Waals surface area (Å²) in [7, 11) is 0. The molecule has 1 aliphatic rings. The fourth-order valence-electron chi connectivity index (χ4n) is 1.32. The van der Waals surface area contributed by atoms with Crippen LogP contribution in [0, 0.1) is 5.41 Å². The van der Waals surface area contributed by atoms with Gasteiger partial charge in [-0.1, -0.05) is 0 Å². The maximum Gasteiger partial charge on any atom is 0.205 e. The molecule has 1 unspecified atom stereocenters. The molecule has 1 aromatic heterocycles. The molecule has 1 fully saturated rings. The van der Waals surface area contributed by atoms with E-state index in [9.17, 15) is 0 Å². The van der Waals surface area contributed by atoms with Gasteiger partial charge in [-0.2, -0.15) is 4.37 Å². The highest BCUT2D eigenvalue weighted by atomic mass is 32.1. The molecule has 1 atom stereocenters. The van der Waals surface area contributed by atoms with Crippen molar-refractivity contribution in [2.24, 2.45) is 5.73 Å². The minimum absolute atomic E-state index is 0.0687. The zero-order valence-corrected chi connectivity index (χ0v) is 8.33. The lowest BCUT2D eigenvalue weighted by atomic mass is 10.2. The van der Waals surface area contributed by atoms with E-state index in [1.54, 1.807) is 0 Å². The first-order valence-corrected chi connectivity index (χ1v) is 5.02. The van der Waals surface area contributed by atoms with E-state index in [2.05, 4.69) is 9.36 Å². The molecule has 1 aromatic rings. The van der Waals surface area contributed by atoms with Crippen molar-refractivity contribution >= 4 is 22.5 Å². The molecule has 0 spiro atoms. The number of hydrogen-bond acceptors (Lipinski definition) is 6. The van der Waals surface area contributed by atoms with Crippen molar-refractivity contribution in [1.82, 2.24) is 9.36 Å². The van der Waals surface area contributed by atoms with Gasteiger partial charge in [0.1, 0.15) is 18.3 Å². The number of nitrogens with one attached hydrogen (secondary N) is 1. The average Bonchev–Trinajstić information content (AvgIpc) is 2.71. The lowest BCUT2D eigenvalue weighted by Crippen LogP contribution is -2.48. The summed E-state index contributed by atoms with van der Waals surface area (Å²) < 4.78 is 9.26. The highest BCUT2D eigenvalue weighted by Crippen LogP contribution is 2.17. The molecule has 0 amide bonds. The van der Waals surface area contributed by atoms with E-state index in [0.717, 1.165) is 11.7 Å². The minimum atomic E-state index is -0.312. The molecule has 6 nitrogen and oxygen atoms in total. The Morgan fingerprint density at radius 2 is 2.64 bits per heavy atom. The molecular formula is C7H11N5OS. The van der Waals surface area contributed by atoms with Gasteiger partial charge in [-0.15, -0.1) is 0 Å². The molecule has 7 heteroatoms. The fourth-order valence-corrected chi connectivity index (χ4v) is 1.88. The van der Waals surface area contributed by atoms with Gasteiger partial charge in [0, 0.05) is 18.1 Å². The van der Waals surface area contributed by atoms with E-state index in [1.807, 2.05) is 4.90 Å². The lowest BCUT2D eigenvalue weighted by molar-refractivity contribution is 0.0826. The van der Waals surface area contributed by atoms with Gasteiger partial charge >= 0.3 is 0 Å². The third-order valence-corrected chi connectivity index (χ3v) is 2.76. The van der Waals surface area contributed by atoms with E-state index < -0.39 is 0 Å². The molecule has 3 N–H and O–H groups in total. The van der Waals surface area contributed by atoms with Crippen LogP contribution < -0.4 is 10.6 Å². The van der Waals surface area contributed by atoms with Gasteiger partial charge in [0.15, 0.2) is 0 Å². The fraction of sp³-hybridized carbons (Fsp3) is 0.571. The number of nitrogens with zero attached hydrogens (tertiary/aromatic N) is 3. The molecule has 0 bridgehead atoms. The molecule has 2 heterocycles. The van der Waals surface area contributed by atoms with Crippen molar-refractivity contribution in [3.05, 3.63) is 6.33 Å². The molecule has 76 valence electrons. The summed E-state index contributed by atoms with van der Waals surface area (Å²) >= 11 is 1.34. The SMILES string of the molecule is N=C(N)C1CN(c2ncns2)CCO1. The van der Waals surface area contributed by atoms with E-state index in [-0.39, 0.29) is 11.9 Å². The number of amidine groups is 1. The van der Waals surface area contributed by atoms with Crippen LogP contribution in [0.3, 0.4) is 0 Å². The predicted molar refractivity (Wildman–Crippen MR) is 53.8 cm³/mol.